The minimum Gasteiger partial charge on any atom is -0.372 e. The number of anilines is 3. The molecule has 94 valence electrons. The topological polar surface area (TPSA) is 49.8 Å². The smallest absolute Gasteiger partial charge is 0.150 e. The van der Waals surface area contributed by atoms with Crippen molar-refractivity contribution in [2.75, 3.05) is 17.7 Å². The first-order valence-electron chi connectivity index (χ1n) is 5.01. The maximum atomic E-state index is 5.93. The highest BCUT2D eigenvalue weighted by atomic mass is 79.9. The van der Waals surface area contributed by atoms with Crippen molar-refractivity contribution in [2.45, 2.75) is 0 Å². The summed E-state index contributed by atoms with van der Waals surface area (Å²) in [5, 5.41) is 7.19. The van der Waals surface area contributed by atoms with Gasteiger partial charge in [0, 0.05) is 22.8 Å². The summed E-state index contributed by atoms with van der Waals surface area (Å²) in [6, 6.07) is 5.20. The first-order chi connectivity index (χ1) is 8.60. The molecule has 0 amide bonds. The standard InChI is InChI=1S/C11H9BrCl2N4/c1-15-10-9(12)11(17-5-16-10)18-8-3-6(13)2-7(14)4-8/h2-5H,1H3,(H2,15,16,17,18). The van der Waals surface area contributed by atoms with Crippen LogP contribution < -0.4 is 10.6 Å². The van der Waals surface area contributed by atoms with Crippen LogP contribution in [0.4, 0.5) is 17.3 Å². The van der Waals surface area contributed by atoms with Crippen molar-refractivity contribution in [1.29, 1.82) is 0 Å². The highest BCUT2D eigenvalue weighted by Gasteiger charge is 2.08. The minimum atomic E-state index is 0.559. The largest absolute Gasteiger partial charge is 0.372 e. The average Bonchev–Trinajstić information content (AvgIpc) is 2.30. The van der Waals surface area contributed by atoms with E-state index in [9.17, 15) is 0 Å². The zero-order valence-corrected chi connectivity index (χ0v) is 12.4. The molecule has 0 aliphatic carbocycles. The van der Waals surface area contributed by atoms with Gasteiger partial charge in [-0.15, -0.1) is 0 Å². The number of hydrogen-bond donors (Lipinski definition) is 2. The molecule has 1 aromatic heterocycles. The van der Waals surface area contributed by atoms with Gasteiger partial charge >= 0.3 is 0 Å². The number of halogens is 3. The number of nitrogens with one attached hydrogen (secondary N) is 2. The van der Waals surface area contributed by atoms with Crippen LogP contribution in [-0.4, -0.2) is 17.0 Å². The second kappa shape index (κ2) is 5.73. The average molecular weight is 348 g/mol. The molecule has 0 aliphatic rings. The summed E-state index contributed by atoms with van der Waals surface area (Å²) in [5.74, 6) is 1.33. The summed E-state index contributed by atoms with van der Waals surface area (Å²) >= 11 is 15.3. The van der Waals surface area contributed by atoms with Gasteiger partial charge in [-0.3, -0.25) is 0 Å². The number of hydrogen-bond acceptors (Lipinski definition) is 4. The van der Waals surface area contributed by atoms with Gasteiger partial charge in [-0.1, -0.05) is 23.2 Å². The van der Waals surface area contributed by atoms with Crippen molar-refractivity contribution in [3.63, 3.8) is 0 Å². The molecule has 0 spiro atoms. The maximum Gasteiger partial charge on any atom is 0.150 e. The second-order valence-electron chi connectivity index (χ2n) is 3.42. The van der Waals surface area contributed by atoms with Crippen molar-refractivity contribution in [1.82, 2.24) is 9.97 Å². The van der Waals surface area contributed by atoms with E-state index in [0.29, 0.717) is 21.7 Å². The number of rotatable bonds is 3. The quantitative estimate of drug-likeness (QED) is 0.867. The molecule has 2 N–H and O–H groups in total. The van der Waals surface area contributed by atoms with Gasteiger partial charge in [0.2, 0.25) is 0 Å². The van der Waals surface area contributed by atoms with Crippen LogP contribution in [-0.2, 0) is 0 Å². The van der Waals surface area contributed by atoms with Crippen LogP contribution in [0.15, 0.2) is 29.0 Å². The fraction of sp³-hybridized carbons (Fsp3) is 0.0909. The molecule has 0 saturated heterocycles. The SMILES string of the molecule is CNc1ncnc(Nc2cc(Cl)cc(Cl)c2)c1Br. The Balaban J connectivity index is 2.34. The Morgan fingerprint density at radius 2 is 1.67 bits per heavy atom. The molecule has 7 heteroatoms. The maximum absolute atomic E-state index is 5.93. The molecule has 2 aromatic rings. The van der Waals surface area contributed by atoms with E-state index in [1.807, 2.05) is 0 Å². The van der Waals surface area contributed by atoms with Gasteiger partial charge < -0.3 is 10.6 Å². The monoisotopic (exact) mass is 346 g/mol. The Bertz CT molecular complexity index is 557. The summed E-state index contributed by atoms with van der Waals surface area (Å²) in [5.41, 5.74) is 0.758. The van der Waals surface area contributed by atoms with E-state index < -0.39 is 0 Å². The van der Waals surface area contributed by atoms with Crippen molar-refractivity contribution < 1.29 is 0 Å². The highest BCUT2D eigenvalue weighted by molar-refractivity contribution is 9.10. The zero-order chi connectivity index (χ0) is 13.1. The molecule has 0 bridgehead atoms. The summed E-state index contributed by atoms with van der Waals surface area (Å²) in [7, 11) is 1.78. The third-order valence-electron chi connectivity index (χ3n) is 2.15. The molecule has 0 unspecified atom stereocenters. The van der Waals surface area contributed by atoms with Crippen LogP contribution >= 0.6 is 39.1 Å². The van der Waals surface area contributed by atoms with E-state index >= 15 is 0 Å². The summed E-state index contributed by atoms with van der Waals surface area (Å²) in [6.45, 7) is 0. The highest BCUT2D eigenvalue weighted by Crippen LogP contribution is 2.30. The Hall–Kier alpha value is -1.04. The predicted octanol–water partition coefficient (Wildman–Crippen LogP) is 4.33. The molecule has 0 atom stereocenters. The number of benzene rings is 1. The van der Waals surface area contributed by atoms with Gasteiger partial charge in [-0.05, 0) is 34.1 Å². The molecule has 0 saturated carbocycles. The van der Waals surface area contributed by atoms with Crippen LogP contribution in [0.3, 0.4) is 0 Å². The summed E-state index contributed by atoms with van der Waals surface area (Å²) in [4.78, 5) is 8.22. The third-order valence-corrected chi connectivity index (χ3v) is 3.34. The summed E-state index contributed by atoms with van der Waals surface area (Å²) < 4.78 is 0.739. The first kappa shape index (κ1) is 13.4. The van der Waals surface area contributed by atoms with E-state index in [1.165, 1.54) is 6.33 Å². The molecule has 1 heterocycles. The van der Waals surface area contributed by atoms with Crippen LogP contribution in [0.2, 0.25) is 10.0 Å². The number of nitrogens with zero attached hydrogens (tertiary/aromatic N) is 2. The molecular weight excluding hydrogens is 339 g/mol. The molecule has 18 heavy (non-hydrogen) atoms. The predicted molar refractivity (Wildman–Crippen MR) is 79.0 cm³/mol. The lowest BCUT2D eigenvalue weighted by Crippen LogP contribution is -2.00. The van der Waals surface area contributed by atoms with Gasteiger partial charge in [0.25, 0.3) is 0 Å². The van der Waals surface area contributed by atoms with E-state index in [2.05, 4.69) is 36.5 Å². The van der Waals surface area contributed by atoms with Gasteiger partial charge in [-0.25, -0.2) is 9.97 Å². The number of aromatic nitrogens is 2. The molecule has 0 aliphatic heterocycles. The van der Waals surface area contributed by atoms with Gasteiger partial charge in [0.15, 0.2) is 0 Å². The lowest BCUT2D eigenvalue weighted by molar-refractivity contribution is 1.14. The normalized spacial score (nSPS) is 10.2. The zero-order valence-electron chi connectivity index (χ0n) is 9.34. The van der Waals surface area contributed by atoms with Crippen LogP contribution in [0.5, 0.6) is 0 Å². The van der Waals surface area contributed by atoms with Crippen molar-refractivity contribution in [2.24, 2.45) is 0 Å². The fourth-order valence-corrected chi connectivity index (χ4v) is 2.42. The van der Waals surface area contributed by atoms with Crippen LogP contribution in [0, 0.1) is 0 Å². The molecule has 4 nitrogen and oxygen atoms in total. The van der Waals surface area contributed by atoms with Gasteiger partial charge in [0.1, 0.15) is 22.4 Å². The van der Waals surface area contributed by atoms with E-state index in [-0.39, 0.29) is 0 Å². The van der Waals surface area contributed by atoms with Crippen molar-refractivity contribution in [3.8, 4) is 0 Å². The van der Waals surface area contributed by atoms with Gasteiger partial charge in [-0.2, -0.15) is 0 Å². The van der Waals surface area contributed by atoms with Crippen LogP contribution in [0.1, 0.15) is 0 Å². The summed E-state index contributed by atoms with van der Waals surface area (Å²) in [6.07, 6.45) is 1.46. The van der Waals surface area contributed by atoms with E-state index in [1.54, 1.807) is 25.2 Å². The molecule has 2 rings (SSSR count). The molecular formula is C11H9BrCl2N4. The fourth-order valence-electron chi connectivity index (χ4n) is 1.39. The Labute approximate surface area is 123 Å². The van der Waals surface area contributed by atoms with Gasteiger partial charge in [0.05, 0.1) is 0 Å². The first-order valence-corrected chi connectivity index (χ1v) is 6.56. The Kier molecular flexibility index (Phi) is 4.27. The molecule has 0 radical (unpaired) electrons. The van der Waals surface area contributed by atoms with Crippen LogP contribution in [0.25, 0.3) is 0 Å². The molecule has 1 aromatic carbocycles. The lowest BCUT2D eigenvalue weighted by Gasteiger charge is -2.10. The minimum absolute atomic E-state index is 0.559. The Morgan fingerprint density at radius 1 is 1.06 bits per heavy atom. The van der Waals surface area contributed by atoms with Crippen molar-refractivity contribution in [3.05, 3.63) is 39.0 Å². The lowest BCUT2D eigenvalue weighted by atomic mass is 10.3. The van der Waals surface area contributed by atoms with E-state index in [4.69, 9.17) is 23.2 Å². The third kappa shape index (κ3) is 3.04. The Morgan fingerprint density at radius 3 is 2.28 bits per heavy atom. The molecule has 0 fully saturated rings. The van der Waals surface area contributed by atoms with Crippen molar-refractivity contribution >= 4 is 56.5 Å². The second-order valence-corrected chi connectivity index (χ2v) is 5.08. The van der Waals surface area contributed by atoms with E-state index in [0.717, 1.165) is 10.2 Å².